The first kappa shape index (κ1) is 9.31. The van der Waals surface area contributed by atoms with Crippen molar-refractivity contribution in [1.82, 2.24) is 0 Å². The highest BCUT2D eigenvalue weighted by atomic mass is 14.0. The van der Waals surface area contributed by atoms with Gasteiger partial charge in [-0.15, -0.1) is 0 Å². The molecule has 12 heavy (non-hydrogen) atoms. The van der Waals surface area contributed by atoms with Crippen LogP contribution in [0.4, 0.5) is 0 Å². The predicted molar refractivity (Wildman–Crippen MR) is 54.2 cm³/mol. The Balaban J connectivity index is 2.75. The first-order valence-electron chi connectivity index (χ1n) is 4.59. The molecule has 0 bridgehead atoms. The number of benzene rings is 1. The van der Waals surface area contributed by atoms with E-state index in [9.17, 15) is 0 Å². The number of hydrogen-bond donors (Lipinski definition) is 0. The molecule has 0 aliphatic carbocycles. The van der Waals surface area contributed by atoms with E-state index in [0.717, 1.165) is 6.42 Å². The fourth-order valence-corrected chi connectivity index (χ4v) is 1.39. The summed E-state index contributed by atoms with van der Waals surface area (Å²) in [7, 11) is 0. The number of aryl methyl sites for hydroxylation is 3. The van der Waals surface area contributed by atoms with Gasteiger partial charge in [-0.1, -0.05) is 37.1 Å². The lowest BCUT2D eigenvalue weighted by molar-refractivity contribution is 0.834. The van der Waals surface area contributed by atoms with Gasteiger partial charge in [0.15, 0.2) is 0 Å². The fraction of sp³-hybridized carbons (Fsp3) is 0.417. The van der Waals surface area contributed by atoms with Crippen LogP contribution in [0, 0.1) is 20.8 Å². The van der Waals surface area contributed by atoms with E-state index in [2.05, 4.69) is 39.0 Å². The SMILES string of the molecule is [CH2]CCCc1cc(C)ccc1C. The van der Waals surface area contributed by atoms with Crippen molar-refractivity contribution in [3.63, 3.8) is 0 Å². The van der Waals surface area contributed by atoms with E-state index in [0.29, 0.717) is 0 Å². The highest BCUT2D eigenvalue weighted by Gasteiger charge is 1.96. The molecule has 0 aromatic heterocycles. The lowest BCUT2D eigenvalue weighted by Gasteiger charge is -2.05. The molecule has 1 aromatic carbocycles. The Morgan fingerprint density at radius 2 is 2.00 bits per heavy atom. The molecule has 0 aliphatic rings. The summed E-state index contributed by atoms with van der Waals surface area (Å²) in [5, 5.41) is 0. The van der Waals surface area contributed by atoms with E-state index < -0.39 is 0 Å². The Bertz CT molecular complexity index is 248. The van der Waals surface area contributed by atoms with Crippen molar-refractivity contribution < 1.29 is 0 Å². The molecule has 1 radical (unpaired) electrons. The molecule has 0 saturated carbocycles. The van der Waals surface area contributed by atoms with E-state index in [-0.39, 0.29) is 0 Å². The second kappa shape index (κ2) is 4.30. The van der Waals surface area contributed by atoms with Crippen molar-refractivity contribution in [2.45, 2.75) is 33.1 Å². The van der Waals surface area contributed by atoms with E-state index in [1.807, 2.05) is 0 Å². The summed E-state index contributed by atoms with van der Waals surface area (Å²) >= 11 is 0. The van der Waals surface area contributed by atoms with Gasteiger partial charge in [0.1, 0.15) is 0 Å². The molecule has 0 aliphatic heterocycles. The van der Waals surface area contributed by atoms with Crippen LogP contribution in [-0.4, -0.2) is 0 Å². The standard InChI is InChI=1S/C12H17/c1-4-5-6-12-9-10(2)7-8-11(12)3/h7-9H,1,4-6H2,2-3H3. The molecule has 0 N–H and O–H groups in total. The fourth-order valence-electron chi connectivity index (χ4n) is 1.39. The first-order valence-corrected chi connectivity index (χ1v) is 4.59. The van der Waals surface area contributed by atoms with Crippen LogP contribution in [-0.2, 0) is 6.42 Å². The average Bonchev–Trinajstić information content (AvgIpc) is 2.07. The summed E-state index contributed by atoms with van der Waals surface area (Å²) < 4.78 is 0. The van der Waals surface area contributed by atoms with Gasteiger partial charge >= 0.3 is 0 Å². The average molecular weight is 161 g/mol. The monoisotopic (exact) mass is 161 g/mol. The van der Waals surface area contributed by atoms with Gasteiger partial charge in [0.05, 0.1) is 0 Å². The van der Waals surface area contributed by atoms with Crippen LogP contribution < -0.4 is 0 Å². The van der Waals surface area contributed by atoms with Gasteiger partial charge in [0.2, 0.25) is 0 Å². The van der Waals surface area contributed by atoms with Crippen molar-refractivity contribution in [2.24, 2.45) is 0 Å². The second-order valence-corrected chi connectivity index (χ2v) is 3.39. The Kier molecular flexibility index (Phi) is 3.33. The zero-order valence-corrected chi connectivity index (χ0v) is 8.06. The highest BCUT2D eigenvalue weighted by molar-refractivity contribution is 5.30. The molecule has 0 fully saturated rings. The first-order chi connectivity index (χ1) is 5.74. The quantitative estimate of drug-likeness (QED) is 0.637. The van der Waals surface area contributed by atoms with E-state index >= 15 is 0 Å². The van der Waals surface area contributed by atoms with Gasteiger partial charge in [-0.05, 0) is 37.8 Å². The minimum absolute atomic E-state index is 1.04. The van der Waals surface area contributed by atoms with Crippen molar-refractivity contribution in [1.29, 1.82) is 0 Å². The molecular formula is C12H17. The molecule has 1 rings (SSSR count). The molecule has 0 heteroatoms. The van der Waals surface area contributed by atoms with Crippen LogP contribution in [0.3, 0.4) is 0 Å². The van der Waals surface area contributed by atoms with Crippen LogP contribution in [0.15, 0.2) is 18.2 Å². The summed E-state index contributed by atoms with van der Waals surface area (Å²) in [5.41, 5.74) is 4.26. The normalized spacial score (nSPS) is 10.2. The molecule has 0 spiro atoms. The molecule has 0 atom stereocenters. The van der Waals surface area contributed by atoms with Gasteiger partial charge in [-0.25, -0.2) is 0 Å². The van der Waals surface area contributed by atoms with E-state index in [4.69, 9.17) is 0 Å². The maximum atomic E-state index is 3.85. The summed E-state index contributed by atoms with van der Waals surface area (Å²) in [4.78, 5) is 0. The largest absolute Gasteiger partial charge is 0.0590 e. The molecule has 65 valence electrons. The third-order valence-corrected chi connectivity index (χ3v) is 2.20. The maximum absolute atomic E-state index is 3.85. The van der Waals surface area contributed by atoms with Crippen LogP contribution in [0.25, 0.3) is 0 Å². The Hall–Kier alpha value is -0.780. The lowest BCUT2D eigenvalue weighted by Crippen LogP contribution is -1.90. The number of rotatable bonds is 3. The minimum Gasteiger partial charge on any atom is -0.0590 e. The third kappa shape index (κ3) is 2.37. The highest BCUT2D eigenvalue weighted by Crippen LogP contribution is 2.13. The van der Waals surface area contributed by atoms with Crippen molar-refractivity contribution in [2.75, 3.05) is 0 Å². The minimum atomic E-state index is 1.04. The van der Waals surface area contributed by atoms with Crippen LogP contribution in [0.5, 0.6) is 0 Å². The number of hydrogen-bond acceptors (Lipinski definition) is 0. The summed E-state index contributed by atoms with van der Waals surface area (Å²) in [6.07, 6.45) is 3.41. The topological polar surface area (TPSA) is 0 Å². The van der Waals surface area contributed by atoms with Crippen LogP contribution >= 0.6 is 0 Å². The zero-order chi connectivity index (χ0) is 8.97. The summed E-state index contributed by atoms with van der Waals surface area (Å²) in [6.45, 7) is 8.18. The predicted octanol–water partition coefficient (Wildman–Crippen LogP) is 3.46. The van der Waals surface area contributed by atoms with Gasteiger partial charge in [0, 0.05) is 0 Å². The zero-order valence-electron chi connectivity index (χ0n) is 8.06. The van der Waals surface area contributed by atoms with E-state index in [1.165, 1.54) is 29.5 Å². The van der Waals surface area contributed by atoms with Gasteiger partial charge < -0.3 is 0 Å². The Morgan fingerprint density at radius 1 is 1.25 bits per heavy atom. The van der Waals surface area contributed by atoms with Crippen molar-refractivity contribution >= 4 is 0 Å². The summed E-state index contributed by atoms with van der Waals surface area (Å²) in [6, 6.07) is 6.65. The van der Waals surface area contributed by atoms with Gasteiger partial charge in [-0.3, -0.25) is 0 Å². The molecule has 0 unspecified atom stereocenters. The molecule has 0 saturated heterocycles. The molecule has 0 nitrogen and oxygen atoms in total. The lowest BCUT2D eigenvalue weighted by atomic mass is 10.0. The van der Waals surface area contributed by atoms with Crippen LogP contribution in [0.1, 0.15) is 29.5 Å². The number of unbranched alkanes of at least 4 members (excludes halogenated alkanes) is 1. The van der Waals surface area contributed by atoms with Crippen molar-refractivity contribution in [3.8, 4) is 0 Å². The van der Waals surface area contributed by atoms with Crippen LogP contribution in [0.2, 0.25) is 0 Å². The summed E-state index contributed by atoms with van der Waals surface area (Å²) in [5.74, 6) is 0. The molecular weight excluding hydrogens is 144 g/mol. The molecule has 0 heterocycles. The second-order valence-electron chi connectivity index (χ2n) is 3.39. The Labute approximate surface area is 75.6 Å². The molecule has 1 aromatic rings. The third-order valence-electron chi connectivity index (χ3n) is 2.20. The smallest absolute Gasteiger partial charge is 0.0276 e. The van der Waals surface area contributed by atoms with E-state index in [1.54, 1.807) is 0 Å². The van der Waals surface area contributed by atoms with Gasteiger partial charge in [-0.2, -0.15) is 0 Å². The maximum Gasteiger partial charge on any atom is -0.0276 e. The van der Waals surface area contributed by atoms with Crippen molar-refractivity contribution in [3.05, 3.63) is 41.8 Å². The molecule has 0 amide bonds. The Morgan fingerprint density at radius 3 is 2.67 bits per heavy atom. The van der Waals surface area contributed by atoms with Gasteiger partial charge in [0.25, 0.3) is 0 Å².